The Morgan fingerprint density at radius 2 is 1.68 bits per heavy atom. The molecule has 2 aromatic rings. The van der Waals surface area contributed by atoms with Crippen LogP contribution < -0.4 is 10.1 Å². The number of ether oxygens (including phenoxy) is 1. The minimum Gasteiger partial charge on any atom is -0.494 e. The Kier molecular flexibility index (Phi) is 8.95. The highest BCUT2D eigenvalue weighted by Crippen LogP contribution is 2.20. The maximum atomic E-state index is 13.2. The number of rotatable bonds is 11. The molecule has 1 aliphatic carbocycles. The van der Waals surface area contributed by atoms with Gasteiger partial charge in [-0.3, -0.25) is 9.59 Å². The Morgan fingerprint density at radius 3 is 2.32 bits per heavy atom. The molecule has 0 bridgehead atoms. The molecule has 0 aliphatic heterocycles. The highest BCUT2D eigenvalue weighted by molar-refractivity contribution is 5.87. The van der Waals surface area contributed by atoms with E-state index in [0.29, 0.717) is 32.4 Å². The third-order valence-electron chi connectivity index (χ3n) is 5.83. The van der Waals surface area contributed by atoms with Gasteiger partial charge < -0.3 is 15.0 Å². The van der Waals surface area contributed by atoms with Crippen molar-refractivity contribution in [1.82, 2.24) is 10.2 Å². The molecular weight excluding hydrogens is 388 g/mol. The summed E-state index contributed by atoms with van der Waals surface area (Å²) in [5.41, 5.74) is 1.03. The summed E-state index contributed by atoms with van der Waals surface area (Å²) < 4.78 is 5.73. The predicted octanol–water partition coefficient (Wildman–Crippen LogP) is 4.71. The monoisotopic (exact) mass is 422 g/mol. The summed E-state index contributed by atoms with van der Waals surface area (Å²) >= 11 is 0. The van der Waals surface area contributed by atoms with Gasteiger partial charge in [-0.15, -0.1) is 0 Å². The molecule has 0 heterocycles. The predicted molar refractivity (Wildman–Crippen MR) is 123 cm³/mol. The first-order valence-electron chi connectivity index (χ1n) is 11.5. The highest BCUT2D eigenvalue weighted by atomic mass is 16.5. The maximum Gasteiger partial charge on any atom is 0.243 e. The van der Waals surface area contributed by atoms with E-state index >= 15 is 0 Å². The lowest BCUT2D eigenvalue weighted by atomic mass is 10.1. The number of nitrogens with zero attached hydrogens (tertiary/aromatic N) is 1. The molecule has 0 unspecified atom stereocenters. The molecule has 0 spiro atoms. The van der Waals surface area contributed by atoms with Crippen molar-refractivity contribution in [2.75, 3.05) is 6.61 Å². The number of carbonyl (C=O) groups is 2. The van der Waals surface area contributed by atoms with Crippen LogP contribution in [0.5, 0.6) is 5.75 Å². The second kappa shape index (κ2) is 12.1. The smallest absolute Gasteiger partial charge is 0.243 e. The lowest BCUT2D eigenvalue weighted by molar-refractivity contribution is -0.141. The van der Waals surface area contributed by atoms with Gasteiger partial charge in [-0.2, -0.15) is 0 Å². The maximum absolute atomic E-state index is 13.2. The van der Waals surface area contributed by atoms with E-state index in [1.165, 1.54) is 0 Å². The Bertz CT molecular complexity index is 804. The van der Waals surface area contributed by atoms with Crippen molar-refractivity contribution in [3.8, 4) is 5.75 Å². The van der Waals surface area contributed by atoms with E-state index < -0.39 is 6.04 Å². The first-order chi connectivity index (χ1) is 15.2. The summed E-state index contributed by atoms with van der Waals surface area (Å²) in [4.78, 5) is 28.0. The van der Waals surface area contributed by atoms with E-state index in [4.69, 9.17) is 4.74 Å². The van der Waals surface area contributed by atoms with Gasteiger partial charge in [0, 0.05) is 19.0 Å². The standard InChI is InChI=1S/C26H34N2O3/c1-2-24(26(30)27-22-14-9-10-15-22)28(20-21-12-5-3-6-13-21)25(29)18-11-19-31-23-16-7-4-8-17-23/h3-8,12-13,16-17,22,24H,2,9-11,14-15,18-20H2,1H3,(H,27,30)/t24-/m0/s1. The fourth-order valence-corrected chi connectivity index (χ4v) is 4.14. The molecular formula is C26H34N2O3. The molecule has 0 aromatic heterocycles. The normalized spacial score (nSPS) is 14.7. The fraction of sp³-hybridized carbons (Fsp3) is 0.462. The molecule has 5 nitrogen and oxygen atoms in total. The van der Waals surface area contributed by atoms with Crippen molar-refractivity contribution >= 4 is 11.8 Å². The Morgan fingerprint density at radius 1 is 1.03 bits per heavy atom. The van der Waals surface area contributed by atoms with E-state index in [2.05, 4.69) is 5.32 Å². The first-order valence-corrected chi connectivity index (χ1v) is 11.5. The SMILES string of the molecule is CC[C@@H](C(=O)NC1CCCC1)N(Cc1ccccc1)C(=O)CCCOc1ccccc1. The Labute approximate surface area is 185 Å². The summed E-state index contributed by atoms with van der Waals surface area (Å²) in [6.45, 7) is 2.89. The lowest BCUT2D eigenvalue weighted by Gasteiger charge is -2.31. The van der Waals surface area contributed by atoms with Crippen molar-refractivity contribution in [3.05, 3.63) is 66.2 Å². The van der Waals surface area contributed by atoms with Crippen LogP contribution in [0.25, 0.3) is 0 Å². The second-order valence-corrected chi connectivity index (χ2v) is 8.19. The quantitative estimate of drug-likeness (QED) is 0.534. The minimum absolute atomic E-state index is 0.00561. The number of benzene rings is 2. The van der Waals surface area contributed by atoms with Gasteiger partial charge in [0.15, 0.2) is 0 Å². The molecule has 166 valence electrons. The summed E-state index contributed by atoms with van der Waals surface area (Å²) in [5.74, 6) is 0.770. The molecule has 5 heteroatoms. The van der Waals surface area contributed by atoms with E-state index in [9.17, 15) is 9.59 Å². The van der Waals surface area contributed by atoms with Gasteiger partial charge in [0.25, 0.3) is 0 Å². The van der Waals surface area contributed by atoms with Crippen LogP contribution in [-0.2, 0) is 16.1 Å². The van der Waals surface area contributed by atoms with Crippen molar-refractivity contribution < 1.29 is 14.3 Å². The van der Waals surface area contributed by atoms with Crippen molar-refractivity contribution in [1.29, 1.82) is 0 Å². The van der Waals surface area contributed by atoms with E-state index in [1.54, 1.807) is 4.90 Å². The molecule has 2 amide bonds. The van der Waals surface area contributed by atoms with Crippen molar-refractivity contribution in [2.24, 2.45) is 0 Å². The number of nitrogens with one attached hydrogen (secondary N) is 1. The summed E-state index contributed by atoms with van der Waals surface area (Å²) in [7, 11) is 0. The van der Waals surface area contributed by atoms with Gasteiger partial charge in [-0.25, -0.2) is 0 Å². The highest BCUT2D eigenvalue weighted by Gasteiger charge is 2.30. The molecule has 0 radical (unpaired) electrons. The van der Waals surface area contributed by atoms with Crippen molar-refractivity contribution in [2.45, 2.75) is 70.5 Å². The zero-order valence-corrected chi connectivity index (χ0v) is 18.5. The van der Waals surface area contributed by atoms with Gasteiger partial charge in [-0.05, 0) is 43.4 Å². The Balaban J connectivity index is 1.62. The second-order valence-electron chi connectivity index (χ2n) is 8.19. The third-order valence-corrected chi connectivity index (χ3v) is 5.83. The van der Waals surface area contributed by atoms with Gasteiger partial charge >= 0.3 is 0 Å². The van der Waals surface area contributed by atoms with E-state index in [1.807, 2.05) is 67.6 Å². The van der Waals surface area contributed by atoms with Crippen LogP contribution in [0.1, 0.15) is 57.4 Å². The summed E-state index contributed by atoms with van der Waals surface area (Å²) in [6, 6.07) is 19.3. The zero-order chi connectivity index (χ0) is 21.9. The average molecular weight is 423 g/mol. The Hall–Kier alpha value is -2.82. The molecule has 1 atom stereocenters. The number of carbonyl (C=O) groups excluding carboxylic acids is 2. The van der Waals surface area contributed by atoms with Crippen LogP contribution in [0.2, 0.25) is 0 Å². The number of hydrogen-bond acceptors (Lipinski definition) is 3. The van der Waals surface area contributed by atoms with Crippen LogP contribution in [0.3, 0.4) is 0 Å². The zero-order valence-electron chi connectivity index (χ0n) is 18.5. The van der Waals surface area contributed by atoms with Gasteiger partial charge in [-0.1, -0.05) is 68.3 Å². The van der Waals surface area contributed by atoms with E-state index in [0.717, 1.165) is 37.0 Å². The van der Waals surface area contributed by atoms with Crippen LogP contribution in [0.4, 0.5) is 0 Å². The first kappa shape index (κ1) is 22.9. The third kappa shape index (κ3) is 7.12. The van der Waals surface area contributed by atoms with Gasteiger partial charge in [0.1, 0.15) is 11.8 Å². The molecule has 1 aliphatic rings. The molecule has 2 aromatic carbocycles. The van der Waals surface area contributed by atoms with Crippen LogP contribution >= 0.6 is 0 Å². The van der Waals surface area contributed by atoms with Crippen LogP contribution in [0.15, 0.2) is 60.7 Å². The summed E-state index contributed by atoms with van der Waals surface area (Å²) in [5, 5.41) is 3.18. The van der Waals surface area contributed by atoms with Crippen LogP contribution in [-0.4, -0.2) is 35.4 Å². The van der Waals surface area contributed by atoms with Gasteiger partial charge in [0.05, 0.1) is 6.61 Å². The number of amides is 2. The molecule has 1 fully saturated rings. The van der Waals surface area contributed by atoms with Crippen LogP contribution in [0, 0.1) is 0 Å². The molecule has 1 saturated carbocycles. The lowest BCUT2D eigenvalue weighted by Crippen LogP contribution is -2.50. The van der Waals surface area contributed by atoms with Crippen molar-refractivity contribution in [3.63, 3.8) is 0 Å². The minimum atomic E-state index is -0.455. The van der Waals surface area contributed by atoms with E-state index in [-0.39, 0.29) is 17.9 Å². The number of para-hydroxylation sites is 1. The number of hydrogen-bond donors (Lipinski definition) is 1. The topological polar surface area (TPSA) is 58.6 Å². The summed E-state index contributed by atoms with van der Waals surface area (Å²) in [6.07, 6.45) is 5.95. The average Bonchev–Trinajstić information content (AvgIpc) is 3.31. The molecule has 3 rings (SSSR count). The molecule has 1 N–H and O–H groups in total. The fourth-order valence-electron chi connectivity index (χ4n) is 4.14. The molecule has 0 saturated heterocycles. The molecule has 31 heavy (non-hydrogen) atoms. The van der Waals surface area contributed by atoms with Gasteiger partial charge in [0.2, 0.25) is 11.8 Å². The largest absolute Gasteiger partial charge is 0.494 e.